The van der Waals surface area contributed by atoms with Crippen molar-refractivity contribution in [3.8, 4) is 0 Å². The van der Waals surface area contributed by atoms with E-state index in [4.69, 9.17) is 17.2 Å². The average molecular weight is 305 g/mol. The molecule has 6 nitrogen and oxygen atoms in total. The van der Waals surface area contributed by atoms with Crippen LogP contribution < -0.4 is 17.2 Å². The highest BCUT2D eigenvalue weighted by atomic mass is 16.1. The van der Waals surface area contributed by atoms with Gasteiger partial charge in [-0.25, -0.2) is 0 Å². The molecule has 0 spiro atoms. The molecule has 0 unspecified atom stereocenters. The number of anilines is 1. The summed E-state index contributed by atoms with van der Waals surface area (Å²) in [7, 11) is 0. The molecule has 0 bridgehead atoms. The van der Waals surface area contributed by atoms with Crippen LogP contribution in [0.1, 0.15) is 42.9 Å². The van der Waals surface area contributed by atoms with Crippen LogP contribution in [0.4, 0.5) is 5.69 Å². The van der Waals surface area contributed by atoms with Crippen LogP contribution in [0.25, 0.3) is 0 Å². The summed E-state index contributed by atoms with van der Waals surface area (Å²) in [6.07, 6.45) is 2.33. The van der Waals surface area contributed by atoms with Crippen LogP contribution in [0, 0.1) is 0 Å². The van der Waals surface area contributed by atoms with Crippen LogP contribution in [0.3, 0.4) is 0 Å². The summed E-state index contributed by atoms with van der Waals surface area (Å²) < 4.78 is 0. The number of nitrogens with two attached hydrogens (primary N) is 3. The predicted octanol–water partition coefficient (Wildman–Crippen LogP) is 0.626. The second kappa shape index (κ2) is 8.17. The van der Waals surface area contributed by atoms with Crippen molar-refractivity contribution in [2.24, 2.45) is 11.5 Å². The minimum Gasteiger partial charge on any atom is -0.398 e. The molecule has 0 aliphatic heterocycles. The van der Waals surface area contributed by atoms with Crippen molar-refractivity contribution >= 4 is 23.3 Å². The first-order valence-corrected chi connectivity index (χ1v) is 7.25. The fourth-order valence-corrected chi connectivity index (χ4v) is 2.25. The lowest BCUT2D eigenvalue weighted by Gasteiger charge is -2.13. The number of carbonyl (C=O) groups excluding carboxylic acids is 3. The number of aryl methyl sites for hydroxylation is 3. The molecule has 0 atom stereocenters. The first-order valence-electron chi connectivity index (χ1n) is 7.25. The van der Waals surface area contributed by atoms with E-state index in [0.717, 1.165) is 16.7 Å². The lowest BCUT2D eigenvalue weighted by molar-refractivity contribution is -0.118. The van der Waals surface area contributed by atoms with E-state index in [9.17, 15) is 14.4 Å². The molecule has 120 valence electrons. The molecule has 1 rings (SSSR count). The molecular formula is C16H23N3O3. The van der Waals surface area contributed by atoms with Gasteiger partial charge in [0.1, 0.15) is 5.78 Å². The van der Waals surface area contributed by atoms with Crippen LogP contribution in [0.2, 0.25) is 0 Å². The Morgan fingerprint density at radius 1 is 0.864 bits per heavy atom. The van der Waals surface area contributed by atoms with E-state index in [-0.39, 0.29) is 18.6 Å². The molecule has 1 aromatic rings. The Kier molecular flexibility index (Phi) is 6.56. The first-order chi connectivity index (χ1) is 10.3. The van der Waals surface area contributed by atoms with Gasteiger partial charge in [0.15, 0.2) is 0 Å². The maximum absolute atomic E-state index is 11.1. The van der Waals surface area contributed by atoms with E-state index >= 15 is 0 Å². The molecule has 1 aromatic carbocycles. The Hall–Kier alpha value is -2.37. The molecule has 0 aromatic heterocycles. The van der Waals surface area contributed by atoms with Crippen LogP contribution in [-0.4, -0.2) is 17.6 Å². The monoisotopic (exact) mass is 305 g/mol. The molecule has 22 heavy (non-hydrogen) atoms. The number of carbonyl (C=O) groups is 3. The van der Waals surface area contributed by atoms with Gasteiger partial charge >= 0.3 is 0 Å². The largest absolute Gasteiger partial charge is 0.398 e. The highest BCUT2D eigenvalue weighted by Gasteiger charge is 2.11. The Morgan fingerprint density at radius 2 is 1.32 bits per heavy atom. The van der Waals surface area contributed by atoms with E-state index in [1.165, 1.54) is 0 Å². The minimum absolute atomic E-state index is 0.106. The van der Waals surface area contributed by atoms with Crippen LogP contribution in [0.15, 0.2) is 12.1 Å². The van der Waals surface area contributed by atoms with Crippen LogP contribution in [-0.2, 0) is 33.6 Å². The van der Waals surface area contributed by atoms with Crippen molar-refractivity contribution < 1.29 is 14.4 Å². The molecule has 6 N–H and O–H groups in total. The number of hydrogen-bond donors (Lipinski definition) is 3. The maximum Gasteiger partial charge on any atom is 0.217 e. The van der Waals surface area contributed by atoms with E-state index in [2.05, 4.69) is 0 Å². The summed E-state index contributed by atoms with van der Waals surface area (Å²) in [5.41, 5.74) is 19.6. The van der Waals surface area contributed by atoms with Crippen molar-refractivity contribution in [2.75, 3.05) is 5.73 Å². The lowest BCUT2D eigenvalue weighted by atomic mass is 9.94. The van der Waals surface area contributed by atoms with Crippen molar-refractivity contribution in [1.82, 2.24) is 0 Å². The second-order valence-electron chi connectivity index (χ2n) is 5.46. The molecule has 0 saturated carbocycles. The third-order valence-electron chi connectivity index (χ3n) is 3.46. The topological polar surface area (TPSA) is 129 Å². The Morgan fingerprint density at radius 3 is 1.68 bits per heavy atom. The second-order valence-corrected chi connectivity index (χ2v) is 5.46. The van der Waals surface area contributed by atoms with Crippen LogP contribution >= 0.6 is 0 Å². The Bertz CT molecular complexity index is 543. The van der Waals surface area contributed by atoms with Gasteiger partial charge in [-0.1, -0.05) is 12.1 Å². The van der Waals surface area contributed by atoms with Gasteiger partial charge in [-0.3, -0.25) is 9.59 Å². The predicted molar refractivity (Wildman–Crippen MR) is 84.9 cm³/mol. The Labute approximate surface area is 130 Å². The SMILES string of the molecule is CC(=O)CCc1cc(CCC(N)=O)c(N)c(CCC(N)=O)c1. The van der Waals surface area contributed by atoms with E-state index in [1.807, 2.05) is 12.1 Å². The fourth-order valence-electron chi connectivity index (χ4n) is 2.25. The Balaban J connectivity index is 3.03. The van der Waals surface area contributed by atoms with E-state index in [1.54, 1.807) is 6.92 Å². The molecule has 0 radical (unpaired) electrons. The van der Waals surface area contributed by atoms with Crippen molar-refractivity contribution in [3.05, 3.63) is 28.8 Å². The van der Waals surface area contributed by atoms with Crippen LogP contribution in [0.5, 0.6) is 0 Å². The number of primary amides is 2. The number of Topliss-reactive ketones (excluding diaryl/α,β-unsaturated/α-hetero) is 1. The molecule has 0 aliphatic carbocycles. The maximum atomic E-state index is 11.1. The zero-order valence-electron chi connectivity index (χ0n) is 12.9. The number of benzene rings is 1. The number of hydrogen-bond acceptors (Lipinski definition) is 4. The molecule has 0 fully saturated rings. The zero-order chi connectivity index (χ0) is 16.7. The van der Waals surface area contributed by atoms with Gasteiger partial charge in [-0.15, -0.1) is 0 Å². The molecule has 2 amide bonds. The standard InChI is InChI=1S/C16H23N3O3/c1-10(20)2-3-11-8-12(4-6-14(17)21)16(19)13(9-11)5-7-15(18)22/h8-9H,2-7,19H2,1H3,(H2,17,21)(H2,18,22). The average Bonchev–Trinajstić information content (AvgIpc) is 2.42. The van der Waals surface area contributed by atoms with Gasteiger partial charge in [0, 0.05) is 24.9 Å². The highest BCUT2D eigenvalue weighted by molar-refractivity contribution is 5.76. The highest BCUT2D eigenvalue weighted by Crippen LogP contribution is 2.24. The molecule has 6 heteroatoms. The minimum atomic E-state index is -0.396. The summed E-state index contributed by atoms with van der Waals surface area (Å²) >= 11 is 0. The number of ketones is 1. The number of nitrogen functional groups attached to an aromatic ring is 1. The van der Waals surface area contributed by atoms with Crippen molar-refractivity contribution in [2.45, 2.75) is 45.4 Å². The van der Waals surface area contributed by atoms with Gasteiger partial charge < -0.3 is 22.0 Å². The summed E-state index contributed by atoms with van der Waals surface area (Å²) in [6, 6.07) is 3.80. The van der Waals surface area contributed by atoms with E-state index < -0.39 is 11.8 Å². The molecule has 0 aliphatic rings. The zero-order valence-corrected chi connectivity index (χ0v) is 12.9. The first kappa shape index (κ1) is 17.7. The summed E-state index contributed by atoms with van der Waals surface area (Å²) in [5.74, 6) is -0.686. The third kappa shape index (κ3) is 5.95. The normalized spacial score (nSPS) is 10.4. The summed E-state index contributed by atoms with van der Waals surface area (Å²) in [4.78, 5) is 33.1. The quantitative estimate of drug-likeness (QED) is 0.577. The number of rotatable bonds is 9. The molecule has 0 heterocycles. The lowest BCUT2D eigenvalue weighted by Crippen LogP contribution is -2.14. The van der Waals surface area contributed by atoms with Gasteiger partial charge in [-0.2, -0.15) is 0 Å². The summed E-state index contributed by atoms with van der Waals surface area (Å²) in [6.45, 7) is 1.54. The third-order valence-corrected chi connectivity index (χ3v) is 3.46. The fraction of sp³-hybridized carbons (Fsp3) is 0.438. The molecular weight excluding hydrogens is 282 g/mol. The van der Waals surface area contributed by atoms with Gasteiger partial charge in [-0.05, 0) is 42.9 Å². The van der Waals surface area contributed by atoms with Gasteiger partial charge in [0.2, 0.25) is 11.8 Å². The number of amides is 2. The van der Waals surface area contributed by atoms with Gasteiger partial charge in [0.25, 0.3) is 0 Å². The van der Waals surface area contributed by atoms with Crippen molar-refractivity contribution in [3.63, 3.8) is 0 Å². The van der Waals surface area contributed by atoms with Gasteiger partial charge in [0.05, 0.1) is 0 Å². The smallest absolute Gasteiger partial charge is 0.217 e. The van der Waals surface area contributed by atoms with E-state index in [0.29, 0.717) is 31.4 Å². The van der Waals surface area contributed by atoms with Crippen molar-refractivity contribution in [1.29, 1.82) is 0 Å². The summed E-state index contributed by atoms with van der Waals surface area (Å²) in [5, 5.41) is 0. The molecule has 0 saturated heterocycles.